The molecule has 7 heteroatoms. The van der Waals surface area contributed by atoms with Crippen molar-refractivity contribution in [1.29, 1.82) is 0 Å². The maximum absolute atomic E-state index is 11.6. The molecule has 0 bridgehead atoms. The van der Waals surface area contributed by atoms with Crippen LogP contribution < -0.4 is 10.6 Å². The van der Waals surface area contributed by atoms with Gasteiger partial charge in [-0.2, -0.15) is 11.8 Å². The van der Waals surface area contributed by atoms with Crippen molar-refractivity contribution >= 4 is 29.6 Å². The molecule has 1 atom stereocenters. The molecule has 1 spiro atoms. The van der Waals surface area contributed by atoms with E-state index in [-0.39, 0.29) is 18.4 Å². The molecule has 2 rings (SSSR count). The first-order chi connectivity index (χ1) is 7.57. The lowest BCUT2D eigenvalue weighted by atomic mass is 10.00. The number of amides is 4. The van der Waals surface area contributed by atoms with E-state index in [0.717, 1.165) is 0 Å². The van der Waals surface area contributed by atoms with E-state index in [1.807, 2.05) is 6.26 Å². The first-order valence-electron chi connectivity index (χ1n) is 4.98. The van der Waals surface area contributed by atoms with Crippen LogP contribution in [-0.4, -0.2) is 53.4 Å². The molecule has 0 aromatic rings. The lowest BCUT2D eigenvalue weighted by Gasteiger charge is -2.20. The van der Waals surface area contributed by atoms with Crippen molar-refractivity contribution in [3.8, 4) is 0 Å². The number of imide groups is 1. The first-order valence-corrected chi connectivity index (χ1v) is 6.37. The van der Waals surface area contributed by atoms with Crippen molar-refractivity contribution in [2.24, 2.45) is 0 Å². The summed E-state index contributed by atoms with van der Waals surface area (Å²) in [5, 5.41) is 4.81. The number of nitrogens with one attached hydrogen (secondary N) is 2. The zero-order chi connectivity index (χ0) is 11.8. The number of carbonyl (C=O) groups is 3. The van der Waals surface area contributed by atoms with Gasteiger partial charge in [0.1, 0.15) is 5.54 Å². The molecule has 2 heterocycles. The molecule has 0 aromatic carbocycles. The molecule has 2 fully saturated rings. The zero-order valence-corrected chi connectivity index (χ0v) is 9.73. The van der Waals surface area contributed by atoms with E-state index in [0.29, 0.717) is 18.7 Å². The van der Waals surface area contributed by atoms with E-state index in [2.05, 4.69) is 10.6 Å². The summed E-state index contributed by atoms with van der Waals surface area (Å²) in [7, 11) is 0. The van der Waals surface area contributed by atoms with Crippen LogP contribution >= 0.6 is 11.8 Å². The molecular weight excluding hydrogens is 230 g/mol. The van der Waals surface area contributed by atoms with Gasteiger partial charge in [-0.1, -0.05) is 0 Å². The number of carbonyl (C=O) groups excluding carboxylic acids is 3. The summed E-state index contributed by atoms with van der Waals surface area (Å²) in [5.41, 5.74) is -0.884. The second kappa shape index (κ2) is 3.97. The second-order valence-electron chi connectivity index (χ2n) is 3.99. The molecule has 2 aliphatic rings. The molecule has 0 radical (unpaired) electrons. The second-order valence-corrected chi connectivity index (χ2v) is 4.85. The first kappa shape index (κ1) is 11.3. The Morgan fingerprint density at radius 2 is 2.31 bits per heavy atom. The highest BCUT2D eigenvalue weighted by Crippen LogP contribution is 2.24. The van der Waals surface area contributed by atoms with Crippen molar-refractivity contribution in [1.82, 2.24) is 15.5 Å². The summed E-state index contributed by atoms with van der Waals surface area (Å²) >= 11 is 1.45. The third-order valence-corrected chi connectivity index (χ3v) is 3.44. The van der Waals surface area contributed by atoms with Crippen LogP contribution in [0.5, 0.6) is 0 Å². The summed E-state index contributed by atoms with van der Waals surface area (Å²) < 4.78 is 0. The fourth-order valence-electron chi connectivity index (χ4n) is 2.05. The van der Waals surface area contributed by atoms with Gasteiger partial charge in [-0.15, -0.1) is 0 Å². The Kier molecular flexibility index (Phi) is 2.79. The van der Waals surface area contributed by atoms with E-state index in [9.17, 15) is 14.4 Å². The van der Waals surface area contributed by atoms with Crippen molar-refractivity contribution < 1.29 is 14.4 Å². The molecule has 88 valence electrons. The molecule has 2 aliphatic heterocycles. The molecule has 2 saturated heterocycles. The average Bonchev–Trinajstić information content (AvgIpc) is 2.74. The Hall–Kier alpha value is -1.24. The van der Waals surface area contributed by atoms with Gasteiger partial charge in [0.2, 0.25) is 5.91 Å². The summed E-state index contributed by atoms with van der Waals surface area (Å²) in [6, 6.07) is -0.468. The average molecular weight is 243 g/mol. The van der Waals surface area contributed by atoms with Crippen molar-refractivity contribution in [3.63, 3.8) is 0 Å². The monoisotopic (exact) mass is 243 g/mol. The minimum Gasteiger partial charge on any atom is -0.339 e. The van der Waals surface area contributed by atoms with Crippen LogP contribution in [0.25, 0.3) is 0 Å². The highest BCUT2D eigenvalue weighted by Gasteiger charge is 2.51. The van der Waals surface area contributed by atoms with Gasteiger partial charge >= 0.3 is 6.03 Å². The van der Waals surface area contributed by atoms with Crippen molar-refractivity contribution in [2.75, 3.05) is 25.1 Å². The lowest BCUT2D eigenvalue weighted by molar-refractivity contribution is -0.128. The summed E-state index contributed by atoms with van der Waals surface area (Å²) in [6.07, 6.45) is 2.35. The number of urea groups is 1. The van der Waals surface area contributed by atoms with Gasteiger partial charge in [0.05, 0.1) is 12.3 Å². The van der Waals surface area contributed by atoms with Crippen molar-refractivity contribution in [3.05, 3.63) is 0 Å². The van der Waals surface area contributed by atoms with Gasteiger partial charge in [0.15, 0.2) is 0 Å². The molecule has 0 aromatic heterocycles. The van der Waals surface area contributed by atoms with Gasteiger partial charge in [-0.05, 0) is 12.7 Å². The maximum Gasteiger partial charge on any atom is 0.322 e. The smallest absolute Gasteiger partial charge is 0.322 e. The van der Waals surface area contributed by atoms with Crippen LogP contribution in [0.1, 0.15) is 6.42 Å². The third kappa shape index (κ3) is 1.75. The highest BCUT2D eigenvalue weighted by molar-refractivity contribution is 7.99. The highest BCUT2D eigenvalue weighted by atomic mass is 32.2. The number of rotatable bonds is 2. The number of thioether (sulfide) groups is 1. The van der Waals surface area contributed by atoms with Crippen LogP contribution in [0.3, 0.4) is 0 Å². The molecule has 16 heavy (non-hydrogen) atoms. The number of hydrogen-bond acceptors (Lipinski definition) is 4. The maximum atomic E-state index is 11.6. The fraction of sp³-hybridized carbons (Fsp3) is 0.667. The Morgan fingerprint density at radius 1 is 1.56 bits per heavy atom. The predicted molar refractivity (Wildman–Crippen MR) is 59.0 cm³/mol. The topological polar surface area (TPSA) is 78.5 Å². The largest absolute Gasteiger partial charge is 0.339 e. The van der Waals surface area contributed by atoms with Crippen LogP contribution in [-0.2, 0) is 9.59 Å². The van der Waals surface area contributed by atoms with Gasteiger partial charge < -0.3 is 10.2 Å². The van der Waals surface area contributed by atoms with E-state index in [4.69, 9.17) is 0 Å². The standard InChI is InChI=1S/C9H13N3O3S/c1-16-4-6(13)12-3-2-9(5-12)7(14)10-8(15)11-9/h2-5H2,1H3,(H2,10,11,14,15). The molecule has 6 nitrogen and oxygen atoms in total. The number of nitrogens with zero attached hydrogens (tertiary/aromatic N) is 1. The summed E-state index contributed by atoms with van der Waals surface area (Å²) in [5.74, 6) is 0.0984. The molecule has 1 unspecified atom stereocenters. The Balaban J connectivity index is 2.05. The molecule has 0 saturated carbocycles. The van der Waals surface area contributed by atoms with E-state index in [1.54, 1.807) is 4.90 Å². The Labute approximate surface area is 97.1 Å². The van der Waals surface area contributed by atoms with E-state index < -0.39 is 11.6 Å². The van der Waals surface area contributed by atoms with Gasteiger partial charge in [-0.25, -0.2) is 4.79 Å². The normalized spacial score (nSPS) is 28.4. The fourth-order valence-corrected chi connectivity index (χ4v) is 2.48. The lowest BCUT2D eigenvalue weighted by Crippen LogP contribution is -2.49. The van der Waals surface area contributed by atoms with Crippen molar-refractivity contribution in [2.45, 2.75) is 12.0 Å². The predicted octanol–water partition coefficient (Wildman–Crippen LogP) is -0.840. The summed E-state index contributed by atoms with van der Waals surface area (Å²) in [6.45, 7) is 0.803. The van der Waals surface area contributed by atoms with E-state index >= 15 is 0 Å². The number of hydrogen-bond donors (Lipinski definition) is 2. The quantitative estimate of drug-likeness (QED) is 0.620. The third-order valence-electron chi connectivity index (χ3n) is 2.90. The zero-order valence-electron chi connectivity index (χ0n) is 8.91. The molecule has 4 amide bonds. The molecule has 2 N–H and O–H groups in total. The van der Waals surface area contributed by atoms with Crippen LogP contribution in [0.2, 0.25) is 0 Å². The molecular formula is C9H13N3O3S. The van der Waals surface area contributed by atoms with Gasteiger partial charge in [-0.3, -0.25) is 14.9 Å². The van der Waals surface area contributed by atoms with E-state index in [1.165, 1.54) is 11.8 Å². The van der Waals surface area contributed by atoms with Crippen LogP contribution in [0.15, 0.2) is 0 Å². The van der Waals surface area contributed by atoms with Gasteiger partial charge in [0.25, 0.3) is 5.91 Å². The van der Waals surface area contributed by atoms with Gasteiger partial charge in [0, 0.05) is 6.54 Å². The van der Waals surface area contributed by atoms with Crippen LogP contribution in [0.4, 0.5) is 4.79 Å². The minimum absolute atomic E-state index is 0.0123. The Bertz CT molecular complexity index is 360. The SMILES string of the molecule is CSCC(=O)N1CCC2(C1)NC(=O)NC2=O. The van der Waals surface area contributed by atoms with Crippen LogP contribution in [0, 0.1) is 0 Å². The molecule has 0 aliphatic carbocycles. The Morgan fingerprint density at radius 3 is 2.88 bits per heavy atom. The minimum atomic E-state index is -0.884. The number of likely N-dealkylation sites (tertiary alicyclic amines) is 1. The summed E-state index contributed by atoms with van der Waals surface area (Å²) in [4.78, 5) is 35.9.